The Hall–Kier alpha value is -2.75. The van der Waals surface area contributed by atoms with Crippen molar-refractivity contribution >= 4 is 22.6 Å². The molecule has 0 spiro atoms. The minimum Gasteiger partial charge on any atom is -0.494 e. The van der Waals surface area contributed by atoms with E-state index >= 15 is 0 Å². The molecule has 4 nitrogen and oxygen atoms in total. The van der Waals surface area contributed by atoms with Gasteiger partial charge in [0.05, 0.1) is 12.2 Å². The Labute approximate surface area is 141 Å². The smallest absolute Gasteiger partial charge is 0.259 e. The van der Waals surface area contributed by atoms with E-state index in [1.807, 2.05) is 49.4 Å². The summed E-state index contributed by atoms with van der Waals surface area (Å²) in [4.78, 5) is 12.8. The zero-order chi connectivity index (χ0) is 17.1. The molecule has 0 unspecified atom stereocenters. The fourth-order valence-electron chi connectivity index (χ4n) is 2.87. The summed E-state index contributed by atoms with van der Waals surface area (Å²) in [6.45, 7) is 6.38. The Kier molecular flexibility index (Phi) is 4.56. The zero-order valence-corrected chi connectivity index (χ0v) is 14.2. The SMILES string of the molecule is CCOc1ccc2oc(C)c(C(=O)Nc3ccccc3CC)c2c1. The summed E-state index contributed by atoms with van der Waals surface area (Å²) < 4.78 is 11.3. The van der Waals surface area contributed by atoms with E-state index in [0.717, 1.165) is 28.8 Å². The minimum absolute atomic E-state index is 0.166. The molecule has 2 aromatic carbocycles. The number of nitrogens with one attached hydrogen (secondary N) is 1. The van der Waals surface area contributed by atoms with Gasteiger partial charge in [0.2, 0.25) is 0 Å². The van der Waals surface area contributed by atoms with Gasteiger partial charge in [0, 0.05) is 11.1 Å². The number of para-hydroxylation sites is 1. The number of fused-ring (bicyclic) bond motifs is 1. The predicted octanol–water partition coefficient (Wildman–Crippen LogP) is 4.95. The van der Waals surface area contributed by atoms with Crippen LogP contribution in [0.25, 0.3) is 11.0 Å². The van der Waals surface area contributed by atoms with Gasteiger partial charge in [-0.1, -0.05) is 25.1 Å². The minimum atomic E-state index is -0.166. The Morgan fingerprint density at radius 3 is 2.71 bits per heavy atom. The lowest BCUT2D eigenvalue weighted by Gasteiger charge is -2.09. The molecule has 0 saturated carbocycles. The molecule has 1 amide bonds. The first kappa shape index (κ1) is 16.1. The van der Waals surface area contributed by atoms with Crippen molar-refractivity contribution in [2.45, 2.75) is 27.2 Å². The van der Waals surface area contributed by atoms with Crippen LogP contribution < -0.4 is 10.1 Å². The number of amides is 1. The van der Waals surface area contributed by atoms with E-state index in [2.05, 4.69) is 12.2 Å². The molecule has 1 aromatic heterocycles. The highest BCUT2D eigenvalue weighted by Crippen LogP contribution is 2.30. The molecule has 3 rings (SSSR count). The van der Waals surface area contributed by atoms with E-state index in [-0.39, 0.29) is 5.91 Å². The van der Waals surface area contributed by atoms with Gasteiger partial charge in [-0.2, -0.15) is 0 Å². The van der Waals surface area contributed by atoms with Crippen LogP contribution in [0, 0.1) is 6.92 Å². The standard InChI is InChI=1S/C20H21NO3/c1-4-14-8-6-7-9-17(14)21-20(22)19-13(3)24-18-11-10-15(23-5-2)12-16(18)19/h6-12H,4-5H2,1-3H3,(H,21,22). The Morgan fingerprint density at radius 1 is 1.17 bits per heavy atom. The fraction of sp³-hybridized carbons (Fsp3) is 0.250. The third-order valence-corrected chi connectivity index (χ3v) is 4.02. The number of aryl methyl sites for hydroxylation is 2. The normalized spacial score (nSPS) is 10.8. The summed E-state index contributed by atoms with van der Waals surface area (Å²) in [7, 11) is 0. The van der Waals surface area contributed by atoms with E-state index in [0.29, 0.717) is 23.5 Å². The molecule has 0 fully saturated rings. The van der Waals surface area contributed by atoms with Gasteiger partial charge in [-0.15, -0.1) is 0 Å². The number of ether oxygens (including phenoxy) is 1. The maximum atomic E-state index is 12.8. The van der Waals surface area contributed by atoms with Crippen LogP contribution in [0.1, 0.15) is 35.5 Å². The fourth-order valence-corrected chi connectivity index (χ4v) is 2.87. The first-order valence-corrected chi connectivity index (χ1v) is 8.19. The second-order valence-corrected chi connectivity index (χ2v) is 5.59. The lowest BCUT2D eigenvalue weighted by Crippen LogP contribution is -2.13. The van der Waals surface area contributed by atoms with Crippen LogP contribution in [0.5, 0.6) is 5.75 Å². The van der Waals surface area contributed by atoms with Crippen molar-refractivity contribution in [2.75, 3.05) is 11.9 Å². The summed E-state index contributed by atoms with van der Waals surface area (Å²) in [6.07, 6.45) is 0.857. The lowest BCUT2D eigenvalue weighted by molar-refractivity contribution is 0.102. The topological polar surface area (TPSA) is 51.5 Å². The van der Waals surface area contributed by atoms with E-state index in [4.69, 9.17) is 9.15 Å². The highest BCUT2D eigenvalue weighted by atomic mass is 16.5. The summed E-state index contributed by atoms with van der Waals surface area (Å²) in [5, 5.41) is 3.78. The molecular weight excluding hydrogens is 302 g/mol. The molecule has 4 heteroatoms. The highest BCUT2D eigenvalue weighted by Gasteiger charge is 2.19. The molecule has 3 aromatic rings. The van der Waals surface area contributed by atoms with Crippen LogP contribution in [-0.2, 0) is 6.42 Å². The number of hydrogen-bond acceptors (Lipinski definition) is 3. The van der Waals surface area contributed by atoms with Crippen molar-refractivity contribution in [1.82, 2.24) is 0 Å². The van der Waals surface area contributed by atoms with E-state index in [1.54, 1.807) is 6.92 Å². The van der Waals surface area contributed by atoms with Crippen molar-refractivity contribution < 1.29 is 13.9 Å². The number of carbonyl (C=O) groups is 1. The molecule has 0 radical (unpaired) electrons. The van der Waals surface area contributed by atoms with Gasteiger partial charge in [-0.05, 0) is 50.1 Å². The number of furan rings is 1. The van der Waals surface area contributed by atoms with E-state index in [9.17, 15) is 4.79 Å². The van der Waals surface area contributed by atoms with E-state index < -0.39 is 0 Å². The number of benzene rings is 2. The van der Waals surface area contributed by atoms with Crippen molar-refractivity contribution in [2.24, 2.45) is 0 Å². The number of hydrogen-bond donors (Lipinski definition) is 1. The van der Waals surface area contributed by atoms with Crippen molar-refractivity contribution in [3.8, 4) is 5.75 Å². The maximum Gasteiger partial charge on any atom is 0.259 e. The summed E-state index contributed by atoms with van der Waals surface area (Å²) >= 11 is 0. The largest absolute Gasteiger partial charge is 0.494 e. The van der Waals surface area contributed by atoms with Crippen LogP contribution in [0.15, 0.2) is 46.9 Å². The van der Waals surface area contributed by atoms with Gasteiger partial charge < -0.3 is 14.5 Å². The molecule has 0 atom stereocenters. The lowest BCUT2D eigenvalue weighted by atomic mass is 10.1. The van der Waals surface area contributed by atoms with Crippen molar-refractivity contribution in [3.63, 3.8) is 0 Å². The molecule has 0 aliphatic heterocycles. The summed E-state index contributed by atoms with van der Waals surface area (Å²) in [6, 6.07) is 13.4. The maximum absolute atomic E-state index is 12.8. The molecule has 0 saturated heterocycles. The Balaban J connectivity index is 1.99. The zero-order valence-electron chi connectivity index (χ0n) is 14.2. The Bertz CT molecular complexity index is 880. The molecule has 24 heavy (non-hydrogen) atoms. The molecule has 0 aliphatic carbocycles. The second kappa shape index (κ2) is 6.79. The van der Waals surface area contributed by atoms with Crippen molar-refractivity contribution in [1.29, 1.82) is 0 Å². The van der Waals surface area contributed by atoms with Crippen LogP contribution in [0.2, 0.25) is 0 Å². The first-order valence-electron chi connectivity index (χ1n) is 8.19. The highest BCUT2D eigenvalue weighted by molar-refractivity contribution is 6.13. The van der Waals surface area contributed by atoms with Gasteiger partial charge in [0.15, 0.2) is 0 Å². The summed E-state index contributed by atoms with van der Waals surface area (Å²) in [5.74, 6) is 1.17. The average Bonchev–Trinajstić information content (AvgIpc) is 2.91. The molecular formula is C20H21NO3. The average molecular weight is 323 g/mol. The number of rotatable bonds is 5. The molecule has 1 N–H and O–H groups in total. The van der Waals surface area contributed by atoms with E-state index in [1.165, 1.54) is 0 Å². The quantitative estimate of drug-likeness (QED) is 0.722. The molecule has 0 aliphatic rings. The molecule has 1 heterocycles. The van der Waals surface area contributed by atoms with Crippen molar-refractivity contribution in [3.05, 3.63) is 59.4 Å². The monoisotopic (exact) mass is 323 g/mol. The molecule has 0 bridgehead atoms. The predicted molar refractivity (Wildman–Crippen MR) is 95.9 cm³/mol. The molecule has 124 valence electrons. The first-order chi connectivity index (χ1) is 11.6. The van der Waals surface area contributed by atoms with Gasteiger partial charge in [-0.25, -0.2) is 0 Å². The Morgan fingerprint density at radius 2 is 1.96 bits per heavy atom. The van der Waals surface area contributed by atoms with Crippen LogP contribution in [0.4, 0.5) is 5.69 Å². The van der Waals surface area contributed by atoms with Gasteiger partial charge in [0.1, 0.15) is 17.1 Å². The number of carbonyl (C=O) groups excluding carboxylic acids is 1. The van der Waals surface area contributed by atoms with Crippen LogP contribution in [-0.4, -0.2) is 12.5 Å². The third-order valence-electron chi connectivity index (χ3n) is 4.02. The van der Waals surface area contributed by atoms with Gasteiger partial charge in [0.25, 0.3) is 5.91 Å². The van der Waals surface area contributed by atoms with Crippen LogP contribution >= 0.6 is 0 Å². The third kappa shape index (κ3) is 3.00. The van der Waals surface area contributed by atoms with Gasteiger partial charge in [-0.3, -0.25) is 4.79 Å². The number of anilines is 1. The summed E-state index contributed by atoms with van der Waals surface area (Å²) in [5.41, 5.74) is 3.17. The van der Waals surface area contributed by atoms with Gasteiger partial charge >= 0.3 is 0 Å². The second-order valence-electron chi connectivity index (χ2n) is 5.59. The van der Waals surface area contributed by atoms with Crippen LogP contribution in [0.3, 0.4) is 0 Å².